The largest absolute Gasteiger partial charge is 0.382 e. The summed E-state index contributed by atoms with van der Waals surface area (Å²) in [5, 5.41) is 5.82. The number of nitrogens with zero attached hydrogens (tertiary/aromatic N) is 1. The molecule has 1 aliphatic rings. The Bertz CT molecular complexity index is 577. The van der Waals surface area contributed by atoms with E-state index in [9.17, 15) is 0 Å². The molecule has 0 unspecified atom stereocenters. The van der Waals surface area contributed by atoms with Gasteiger partial charge >= 0.3 is 0 Å². The topological polar surface area (TPSA) is 24.9 Å². The molecule has 3 rings (SSSR count). The van der Waals surface area contributed by atoms with Crippen molar-refractivity contribution in [3.05, 3.63) is 35.5 Å². The van der Waals surface area contributed by atoms with Gasteiger partial charge in [0.1, 0.15) is 0 Å². The van der Waals surface area contributed by atoms with Crippen LogP contribution in [-0.4, -0.2) is 16.4 Å². The highest BCUT2D eigenvalue weighted by Gasteiger charge is 2.19. The van der Waals surface area contributed by atoms with Crippen molar-refractivity contribution < 1.29 is 0 Å². The number of hydrogen-bond acceptors (Lipinski definition) is 2. The Kier molecular flexibility index (Phi) is 3.81. The molecule has 0 aliphatic heterocycles. The van der Waals surface area contributed by atoms with Gasteiger partial charge in [-0.3, -0.25) is 4.98 Å². The Morgan fingerprint density at radius 2 is 1.89 bits per heavy atom. The van der Waals surface area contributed by atoms with Crippen molar-refractivity contribution in [2.24, 2.45) is 0 Å². The van der Waals surface area contributed by atoms with E-state index in [1.807, 2.05) is 30.5 Å². The van der Waals surface area contributed by atoms with E-state index in [-0.39, 0.29) is 0 Å². The van der Waals surface area contributed by atoms with Gasteiger partial charge in [-0.2, -0.15) is 0 Å². The number of hydrogen-bond donors (Lipinski definition) is 1. The lowest BCUT2D eigenvalue weighted by Crippen LogP contribution is -2.26. The third-order valence-electron chi connectivity index (χ3n) is 3.72. The quantitative estimate of drug-likeness (QED) is 0.801. The first-order valence-corrected chi connectivity index (χ1v) is 7.49. The average molecular weight is 295 g/mol. The smallest absolute Gasteiger partial charge is 0.0737 e. The predicted molar refractivity (Wildman–Crippen MR) is 82.3 cm³/mol. The van der Waals surface area contributed by atoms with Gasteiger partial charge < -0.3 is 5.32 Å². The van der Waals surface area contributed by atoms with Gasteiger partial charge in [0.2, 0.25) is 0 Å². The molecule has 100 valence electrons. The van der Waals surface area contributed by atoms with E-state index in [2.05, 4.69) is 10.3 Å². The van der Waals surface area contributed by atoms with Gasteiger partial charge in [0.05, 0.1) is 5.52 Å². The molecule has 4 heteroatoms. The van der Waals surface area contributed by atoms with E-state index in [1.165, 1.54) is 0 Å². The molecule has 2 nitrogen and oxygen atoms in total. The van der Waals surface area contributed by atoms with Crippen molar-refractivity contribution in [2.45, 2.75) is 37.1 Å². The molecule has 19 heavy (non-hydrogen) atoms. The van der Waals surface area contributed by atoms with Gasteiger partial charge in [0, 0.05) is 33.7 Å². The number of anilines is 1. The molecule has 0 amide bonds. The average Bonchev–Trinajstić information content (AvgIpc) is 2.41. The normalized spacial score (nSPS) is 23.5. The number of aromatic nitrogens is 1. The number of pyridine rings is 1. The fourth-order valence-corrected chi connectivity index (χ4v) is 3.08. The standard InChI is InChI=1S/C15H16Cl2N2/c16-10-1-4-12(5-2-10)19-14-7-8-18-15-9-11(17)3-6-13(14)15/h3,6-10,12H,1-2,4-5H2,(H,18,19). The summed E-state index contributed by atoms with van der Waals surface area (Å²) in [5.41, 5.74) is 2.07. The molecule has 1 heterocycles. The molecule has 1 fully saturated rings. The maximum Gasteiger partial charge on any atom is 0.0737 e. The summed E-state index contributed by atoms with van der Waals surface area (Å²) >= 11 is 12.1. The maximum atomic E-state index is 6.14. The highest BCUT2D eigenvalue weighted by molar-refractivity contribution is 6.31. The summed E-state index contributed by atoms with van der Waals surface area (Å²) in [6, 6.07) is 8.38. The minimum atomic E-state index is 0.353. The number of halogens is 2. The zero-order valence-corrected chi connectivity index (χ0v) is 12.1. The second-order valence-electron chi connectivity index (χ2n) is 5.11. The molecule has 1 saturated carbocycles. The zero-order valence-electron chi connectivity index (χ0n) is 10.6. The fourth-order valence-electron chi connectivity index (χ4n) is 2.66. The Labute approximate surface area is 123 Å². The summed E-state index contributed by atoms with van der Waals surface area (Å²) in [5.74, 6) is 0. The van der Waals surface area contributed by atoms with Crippen LogP contribution in [0.4, 0.5) is 5.69 Å². The second kappa shape index (κ2) is 5.56. The highest BCUT2D eigenvalue weighted by atomic mass is 35.5. The third-order valence-corrected chi connectivity index (χ3v) is 4.39. The summed E-state index contributed by atoms with van der Waals surface area (Å²) < 4.78 is 0. The van der Waals surface area contributed by atoms with E-state index >= 15 is 0 Å². The van der Waals surface area contributed by atoms with E-state index in [1.54, 1.807) is 0 Å². The van der Waals surface area contributed by atoms with Gasteiger partial charge in [-0.25, -0.2) is 0 Å². The first-order chi connectivity index (χ1) is 9.22. The van der Waals surface area contributed by atoms with Crippen molar-refractivity contribution >= 4 is 39.8 Å². The molecule has 2 aromatic rings. The van der Waals surface area contributed by atoms with Crippen molar-refractivity contribution in [1.82, 2.24) is 4.98 Å². The summed E-state index contributed by atoms with van der Waals surface area (Å²) in [6.45, 7) is 0. The molecule has 0 spiro atoms. The van der Waals surface area contributed by atoms with E-state index in [0.717, 1.165) is 47.3 Å². The lowest BCUT2D eigenvalue weighted by molar-refractivity contribution is 0.469. The van der Waals surface area contributed by atoms with Gasteiger partial charge in [0.25, 0.3) is 0 Å². The molecule has 0 radical (unpaired) electrons. The molecular weight excluding hydrogens is 279 g/mol. The van der Waals surface area contributed by atoms with Gasteiger partial charge in [0.15, 0.2) is 0 Å². The Morgan fingerprint density at radius 1 is 1.11 bits per heavy atom. The van der Waals surface area contributed by atoms with Crippen LogP contribution in [0.3, 0.4) is 0 Å². The zero-order chi connectivity index (χ0) is 13.2. The van der Waals surface area contributed by atoms with Crippen LogP contribution in [0.1, 0.15) is 25.7 Å². The van der Waals surface area contributed by atoms with E-state index in [4.69, 9.17) is 23.2 Å². The van der Waals surface area contributed by atoms with Gasteiger partial charge in [-0.15, -0.1) is 11.6 Å². The predicted octanol–water partition coefficient (Wildman–Crippen LogP) is 4.85. The lowest BCUT2D eigenvalue weighted by Gasteiger charge is -2.27. The number of nitrogens with one attached hydrogen (secondary N) is 1. The van der Waals surface area contributed by atoms with Crippen LogP contribution < -0.4 is 5.32 Å². The lowest BCUT2D eigenvalue weighted by atomic mass is 9.94. The molecule has 0 bridgehead atoms. The molecule has 1 aromatic heterocycles. The Morgan fingerprint density at radius 3 is 2.68 bits per heavy atom. The maximum absolute atomic E-state index is 6.14. The monoisotopic (exact) mass is 294 g/mol. The number of benzene rings is 1. The molecule has 1 aliphatic carbocycles. The van der Waals surface area contributed by atoms with E-state index in [0.29, 0.717) is 11.4 Å². The first-order valence-electron chi connectivity index (χ1n) is 6.67. The minimum absolute atomic E-state index is 0.353. The minimum Gasteiger partial charge on any atom is -0.382 e. The number of alkyl halides is 1. The number of rotatable bonds is 2. The highest BCUT2D eigenvalue weighted by Crippen LogP contribution is 2.29. The molecule has 0 atom stereocenters. The molecule has 1 N–H and O–H groups in total. The fraction of sp³-hybridized carbons (Fsp3) is 0.400. The van der Waals surface area contributed by atoms with Gasteiger partial charge in [-0.05, 0) is 49.9 Å². The van der Waals surface area contributed by atoms with Crippen LogP contribution in [0, 0.1) is 0 Å². The summed E-state index contributed by atoms with van der Waals surface area (Å²) in [4.78, 5) is 4.36. The Hall–Kier alpha value is -0.990. The van der Waals surface area contributed by atoms with Crippen LogP contribution in [0.25, 0.3) is 10.9 Å². The van der Waals surface area contributed by atoms with Crippen molar-refractivity contribution in [3.8, 4) is 0 Å². The van der Waals surface area contributed by atoms with Crippen LogP contribution in [-0.2, 0) is 0 Å². The van der Waals surface area contributed by atoms with Crippen molar-refractivity contribution in [3.63, 3.8) is 0 Å². The van der Waals surface area contributed by atoms with Crippen LogP contribution in [0.2, 0.25) is 5.02 Å². The second-order valence-corrected chi connectivity index (χ2v) is 6.17. The first kappa shape index (κ1) is 13.0. The summed E-state index contributed by atoms with van der Waals surface area (Å²) in [6.07, 6.45) is 6.27. The van der Waals surface area contributed by atoms with Crippen LogP contribution >= 0.6 is 23.2 Å². The third kappa shape index (κ3) is 2.96. The van der Waals surface area contributed by atoms with Gasteiger partial charge in [-0.1, -0.05) is 11.6 Å². The van der Waals surface area contributed by atoms with E-state index < -0.39 is 0 Å². The molecular formula is C15H16Cl2N2. The van der Waals surface area contributed by atoms with Crippen molar-refractivity contribution in [2.75, 3.05) is 5.32 Å². The van der Waals surface area contributed by atoms with Crippen molar-refractivity contribution in [1.29, 1.82) is 0 Å². The SMILES string of the molecule is Clc1ccc2c(NC3CCC(Cl)CC3)ccnc2c1. The van der Waals surface area contributed by atoms with Crippen LogP contribution in [0.5, 0.6) is 0 Å². The molecule has 1 aromatic carbocycles. The number of fused-ring (bicyclic) bond motifs is 1. The van der Waals surface area contributed by atoms with Crippen LogP contribution in [0.15, 0.2) is 30.5 Å². The Balaban J connectivity index is 1.84. The summed E-state index contributed by atoms with van der Waals surface area (Å²) in [7, 11) is 0. The molecule has 0 saturated heterocycles.